The van der Waals surface area contributed by atoms with Crippen LogP contribution in [-0.4, -0.2) is 9.91 Å². The summed E-state index contributed by atoms with van der Waals surface area (Å²) in [6, 6.07) is 19.2. The number of benzene rings is 2. The van der Waals surface area contributed by atoms with Gasteiger partial charge in [-0.3, -0.25) is 10.1 Å². The van der Waals surface area contributed by atoms with Gasteiger partial charge in [-0.2, -0.15) is 5.26 Å². The summed E-state index contributed by atoms with van der Waals surface area (Å²) in [5.41, 5.74) is 2.51. The molecular weight excluding hydrogens is 422 g/mol. The first-order valence-corrected chi connectivity index (χ1v) is 9.98. The minimum absolute atomic E-state index is 0.0129. The third kappa shape index (κ3) is 4.01. The molecule has 0 aliphatic rings. The number of allylic oxidation sites excluding steroid dienone is 1. The molecule has 6 nitrogen and oxygen atoms in total. The largest absolute Gasteiger partial charge is 0.457 e. The fourth-order valence-corrected chi connectivity index (χ4v) is 3.83. The van der Waals surface area contributed by atoms with Gasteiger partial charge < -0.3 is 4.42 Å². The number of nitro groups is 1. The number of nitriles is 1. The number of nitro benzene ring substituents is 1. The van der Waals surface area contributed by atoms with Crippen molar-refractivity contribution in [3.8, 4) is 28.7 Å². The van der Waals surface area contributed by atoms with Gasteiger partial charge >= 0.3 is 0 Å². The molecular formula is C22H12ClN3O3S. The third-order valence-electron chi connectivity index (χ3n) is 4.28. The number of aromatic nitrogens is 1. The number of nitrogens with zero attached hydrogens (tertiary/aromatic N) is 3. The lowest BCUT2D eigenvalue weighted by molar-refractivity contribution is -0.384. The lowest BCUT2D eigenvalue weighted by Gasteiger charge is -1.99. The lowest BCUT2D eigenvalue weighted by Crippen LogP contribution is -1.87. The summed E-state index contributed by atoms with van der Waals surface area (Å²) in [6.45, 7) is 0. The van der Waals surface area contributed by atoms with Crippen LogP contribution in [-0.2, 0) is 0 Å². The van der Waals surface area contributed by atoms with Crippen molar-refractivity contribution in [3.05, 3.63) is 91.9 Å². The quantitative estimate of drug-likeness (QED) is 0.198. The van der Waals surface area contributed by atoms with Crippen LogP contribution in [0.4, 0.5) is 5.69 Å². The van der Waals surface area contributed by atoms with E-state index in [1.165, 1.54) is 23.5 Å². The van der Waals surface area contributed by atoms with Crippen LogP contribution in [0.1, 0.15) is 10.8 Å². The zero-order valence-electron chi connectivity index (χ0n) is 15.3. The molecule has 0 aliphatic carbocycles. The Bertz CT molecular complexity index is 1300. The lowest BCUT2D eigenvalue weighted by atomic mass is 10.1. The third-order valence-corrected chi connectivity index (χ3v) is 5.49. The van der Waals surface area contributed by atoms with Crippen molar-refractivity contribution in [2.45, 2.75) is 0 Å². The molecule has 4 aromatic rings. The Morgan fingerprint density at radius 2 is 1.93 bits per heavy atom. The predicted octanol–water partition coefficient (Wildman–Crippen LogP) is 6.70. The second kappa shape index (κ2) is 8.33. The van der Waals surface area contributed by atoms with E-state index in [1.54, 1.807) is 41.8 Å². The highest BCUT2D eigenvalue weighted by Crippen LogP contribution is 2.32. The molecule has 30 heavy (non-hydrogen) atoms. The fraction of sp³-hybridized carbons (Fsp3) is 0. The normalized spacial score (nSPS) is 11.3. The van der Waals surface area contributed by atoms with E-state index in [-0.39, 0.29) is 5.69 Å². The maximum atomic E-state index is 10.8. The molecule has 0 spiro atoms. The standard InChI is InChI=1S/C22H12ClN3O3S/c23-19-4-2-1-3-18(19)21-10-9-17(29-21)11-15(12-24)22-25-20(13-30-22)14-5-7-16(8-6-14)26(27)28/h1-11,13H/b15-11+. The van der Waals surface area contributed by atoms with E-state index in [0.29, 0.717) is 32.8 Å². The zero-order valence-corrected chi connectivity index (χ0v) is 16.9. The average molecular weight is 434 g/mol. The van der Waals surface area contributed by atoms with Gasteiger partial charge in [-0.15, -0.1) is 11.3 Å². The molecule has 146 valence electrons. The number of hydrogen-bond acceptors (Lipinski definition) is 6. The first kappa shape index (κ1) is 19.6. The number of furan rings is 1. The van der Waals surface area contributed by atoms with Crippen LogP contribution in [0.3, 0.4) is 0 Å². The Hall–Kier alpha value is -3.73. The number of rotatable bonds is 5. The summed E-state index contributed by atoms with van der Waals surface area (Å²) in [6.07, 6.45) is 1.62. The Morgan fingerprint density at radius 3 is 2.63 bits per heavy atom. The van der Waals surface area contributed by atoms with Crippen molar-refractivity contribution in [1.82, 2.24) is 4.98 Å². The summed E-state index contributed by atoms with van der Waals surface area (Å²) in [7, 11) is 0. The average Bonchev–Trinajstić information content (AvgIpc) is 3.42. The summed E-state index contributed by atoms with van der Waals surface area (Å²) in [4.78, 5) is 14.8. The van der Waals surface area contributed by atoms with Gasteiger partial charge in [0.25, 0.3) is 5.69 Å². The van der Waals surface area contributed by atoms with Crippen molar-refractivity contribution in [2.24, 2.45) is 0 Å². The van der Waals surface area contributed by atoms with Gasteiger partial charge in [-0.05, 0) is 36.4 Å². The molecule has 0 N–H and O–H groups in total. The summed E-state index contributed by atoms with van der Waals surface area (Å²) in [5, 5.41) is 23.3. The molecule has 0 aliphatic heterocycles. The smallest absolute Gasteiger partial charge is 0.269 e. The van der Waals surface area contributed by atoms with E-state index in [0.717, 1.165) is 11.1 Å². The summed E-state index contributed by atoms with van der Waals surface area (Å²) < 4.78 is 5.83. The molecule has 0 unspecified atom stereocenters. The van der Waals surface area contributed by atoms with E-state index in [4.69, 9.17) is 16.0 Å². The van der Waals surface area contributed by atoms with Gasteiger partial charge in [-0.1, -0.05) is 23.7 Å². The van der Waals surface area contributed by atoms with E-state index in [9.17, 15) is 15.4 Å². The van der Waals surface area contributed by atoms with Crippen LogP contribution in [0.25, 0.3) is 34.2 Å². The van der Waals surface area contributed by atoms with Crippen molar-refractivity contribution in [3.63, 3.8) is 0 Å². The summed E-state index contributed by atoms with van der Waals surface area (Å²) in [5.74, 6) is 1.11. The monoisotopic (exact) mass is 433 g/mol. The molecule has 0 amide bonds. The van der Waals surface area contributed by atoms with Crippen LogP contribution in [0.15, 0.2) is 70.5 Å². The van der Waals surface area contributed by atoms with E-state index < -0.39 is 4.92 Å². The van der Waals surface area contributed by atoms with Crippen LogP contribution in [0, 0.1) is 21.4 Å². The maximum absolute atomic E-state index is 10.8. The zero-order chi connectivity index (χ0) is 21.1. The van der Waals surface area contributed by atoms with Crippen LogP contribution >= 0.6 is 22.9 Å². The highest BCUT2D eigenvalue weighted by molar-refractivity contribution is 7.11. The van der Waals surface area contributed by atoms with Crippen molar-refractivity contribution in [1.29, 1.82) is 5.26 Å². The molecule has 2 heterocycles. The van der Waals surface area contributed by atoms with E-state index >= 15 is 0 Å². The van der Waals surface area contributed by atoms with Crippen LogP contribution in [0.2, 0.25) is 5.02 Å². The Kier molecular flexibility index (Phi) is 5.44. The second-order valence-corrected chi connectivity index (χ2v) is 7.46. The Labute approximate surface area is 180 Å². The maximum Gasteiger partial charge on any atom is 0.269 e. The Balaban J connectivity index is 1.61. The number of hydrogen-bond donors (Lipinski definition) is 0. The number of thiazole rings is 1. The van der Waals surface area contributed by atoms with Gasteiger partial charge in [0.05, 0.1) is 21.2 Å². The van der Waals surface area contributed by atoms with Gasteiger partial charge in [-0.25, -0.2) is 4.98 Å². The number of halogens is 1. The minimum atomic E-state index is -0.451. The molecule has 2 aromatic carbocycles. The van der Waals surface area contributed by atoms with E-state index in [1.807, 2.05) is 18.2 Å². The molecule has 0 atom stereocenters. The Morgan fingerprint density at radius 1 is 1.17 bits per heavy atom. The topological polar surface area (TPSA) is 93.0 Å². The SMILES string of the molecule is N#C/C(=C\c1ccc(-c2ccccc2Cl)o1)c1nc(-c2ccc([N+](=O)[O-])cc2)cs1. The minimum Gasteiger partial charge on any atom is -0.457 e. The predicted molar refractivity (Wildman–Crippen MR) is 117 cm³/mol. The van der Waals surface area contributed by atoms with Crippen molar-refractivity contribution >= 4 is 40.3 Å². The highest BCUT2D eigenvalue weighted by atomic mass is 35.5. The first-order chi connectivity index (χ1) is 14.5. The van der Waals surface area contributed by atoms with Crippen molar-refractivity contribution < 1.29 is 9.34 Å². The fourth-order valence-electron chi connectivity index (χ4n) is 2.80. The molecule has 0 bridgehead atoms. The van der Waals surface area contributed by atoms with Gasteiger partial charge in [0.15, 0.2) is 0 Å². The van der Waals surface area contributed by atoms with Crippen LogP contribution < -0.4 is 0 Å². The summed E-state index contributed by atoms with van der Waals surface area (Å²) >= 11 is 7.53. The number of non-ortho nitro benzene ring substituents is 1. The molecule has 0 saturated carbocycles. The molecule has 2 aromatic heterocycles. The highest BCUT2D eigenvalue weighted by Gasteiger charge is 2.13. The molecule has 0 fully saturated rings. The molecule has 4 rings (SSSR count). The van der Waals surface area contributed by atoms with E-state index in [2.05, 4.69) is 11.1 Å². The molecule has 0 radical (unpaired) electrons. The van der Waals surface area contributed by atoms with Crippen LogP contribution in [0.5, 0.6) is 0 Å². The van der Waals surface area contributed by atoms with Crippen molar-refractivity contribution in [2.75, 3.05) is 0 Å². The van der Waals surface area contributed by atoms with Gasteiger partial charge in [0, 0.05) is 34.7 Å². The van der Waals surface area contributed by atoms with Gasteiger partial charge in [0.2, 0.25) is 0 Å². The molecule has 0 saturated heterocycles. The first-order valence-electron chi connectivity index (χ1n) is 8.72. The van der Waals surface area contributed by atoms with Gasteiger partial charge in [0.1, 0.15) is 22.6 Å². The molecule has 8 heteroatoms. The second-order valence-electron chi connectivity index (χ2n) is 6.19.